The van der Waals surface area contributed by atoms with Crippen LogP contribution in [0.4, 0.5) is 0 Å². The first-order chi connectivity index (χ1) is 8.75. The Morgan fingerprint density at radius 2 is 1.42 bits per heavy atom. The number of hydrogen-bond donors (Lipinski definition) is 0. The van der Waals surface area contributed by atoms with Crippen LogP contribution in [-0.2, 0) is 9.53 Å². The molecule has 5 aliphatic carbocycles. The van der Waals surface area contributed by atoms with Gasteiger partial charge < -0.3 is 4.74 Å². The maximum atomic E-state index is 12.8. The highest BCUT2D eigenvalue weighted by Gasteiger charge is 3.05. The van der Waals surface area contributed by atoms with E-state index in [-0.39, 0.29) is 47.6 Å². The minimum absolute atomic E-state index is 0.00406. The highest BCUT2D eigenvalue weighted by atomic mass is 35.5. The van der Waals surface area contributed by atoms with Gasteiger partial charge in [-0.15, -0.1) is 34.8 Å². The highest BCUT2D eigenvalue weighted by molar-refractivity contribution is 6.69. The number of fused-ring (bicyclic) bond motifs is 5. The second kappa shape index (κ2) is 2.49. The number of Topliss-reactive ketones (excluding diaryl/α,β-unsaturated/α-hetero) is 1. The standard InChI is InChI=1S/C12H7Cl5O2/c13-9-3-1-4-5(2(3)7-6(1)19-7)11(9,15)12(16,17)10(4,14)8(9)18/h1-7H/t1-,2+,3-,4+,5-,6-,7+,9-,10+,11-/m0/s1. The molecular weight excluding hydrogens is 353 g/mol. The number of hydrogen-bond acceptors (Lipinski definition) is 2. The van der Waals surface area contributed by atoms with Gasteiger partial charge in [0.25, 0.3) is 0 Å². The molecule has 10 atom stereocenters. The fourth-order valence-corrected chi connectivity index (χ4v) is 9.68. The van der Waals surface area contributed by atoms with Crippen LogP contribution in [0.3, 0.4) is 0 Å². The van der Waals surface area contributed by atoms with Gasteiger partial charge in [0.1, 0.15) is 14.6 Å². The third-order valence-corrected chi connectivity index (χ3v) is 10.8. The third kappa shape index (κ3) is 0.656. The number of ketones is 1. The van der Waals surface area contributed by atoms with Gasteiger partial charge >= 0.3 is 0 Å². The number of halogens is 5. The van der Waals surface area contributed by atoms with Crippen molar-refractivity contribution in [2.24, 2.45) is 29.6 Å². The van der Waals surface area contributed by atoms with Gasteiger partial charge in [-0.2, -0.15) is 0 Å². The molecule has 0 radical (unpaired) electrons. The molecule has 6 rings (SSSR count). The van der Waals surface area contributed by atoms with Crippen LogP contribution in [0.15, 0.2) is 0 Å². The van der Waals surface area contributed by atoms with E-state index < -0.39 is 19.0 Å². The van der Waals surface area contributed by atoms with Gasteiger partial charge in [0.05, 0.1) is 12.2 Å². The maximum Gasteiger partial charge on any atom is 0.180 e. The van der Waals surface area contributed by atoms with Crippen LogP contribution < -0.4 is 0 Å². The summed E-state index contributed by atoms with van der Waals surface area (Å²) in [7, 11) is 0. The average molecular weight is 360 g/mol. The molecule has 0 N–H and O–H groups in total. The first-order valence-corrected chi connectivity index (χ1v) is 8.29. The molecule has 7 heteroatoms. The Balaban J connectivity index is 1.78. The van der Waals surface area contributed by atoms with E-state index in [9.17, 15) is 4.79 Å². The van der Waals surface area contributed by atoms with Crippen LogP contribution in [0.5, 0.6) is 0 Å². The summed E-state index contributed by atoms with van der Waals surface area (Å²) in [6.45, 7) is 0. The Bertz CT molecular complexity index is 599. The first kappa shape index (κ1) is 11.6. The second-order valence-electron chi connectivity index (χ2n) is 6.84. The minimum Gasteiger partial charge on any atom is -0.369 e. The fourth-order valence-electron chi connectivity index (χ4n) is 6.58. The summed E-state index contributed by atoms with van der Waals surface area (Å²) >= 11 is 33.3. The quantitative estimate of drug-likeness (QED) is 0.491. The van der Waals surface area contributed by atoms with E-state index in [1.807, 2.05) is 0 Å². The molecule has 0 aromatic rings. The van der Waals surface area contributed by atoms with Gasteiger partial charge in [0, 0.05) is 0 Å². The largest absolute Gasteiger partial charge is 0.369 e. The average Bonchev–Trinajstić information content (AvgIpc) is 2.89. The van der Waals surface area contributed by atoms with Gasteiger partial charge in [-0.25, -0.2) is 0 Å². The predicted octanol–water partition coefficient (Wildman–Crippen LogP) is 2.58. The number of rotatable bonds is 0. The zero-order valence-electron chi connectivity index (χ0n) is 9.25. The van der Waals surface area contributed by atoms with Crippen molar-refractivity contribution in [2.75, 3.05) is 0 Å². The van der Waals surface area contributed by atoms with E-state index in [2.05, 4.69) is 0 Å². The molecule has 1 aliphatic heterocycles. The normalized spacial score (nSPS) is 79.2. The van der Waals surface area contributed by atoms with E-state index >= 15 is 0 Å². The molecule has 5 saturated carbocycles. The molecular formula is C12H7Cl5O2. The summed E-state index contributed by atoms with van der Waals surface area (Å²) in [4.78, 5) is 9.09. The van der Waals surface area contributed by atoms with Crippen molar-refractivity contribution in [1.82, 2.24) is 0 Å². The SMILES string of the molecule is O=C1[C@@]2(Cl)[C@@H]3[C@H]4[C@H]5O[C@H]5[C@@H]3[C@@H]3[C@H]4[C@@]2(Cl)C(Cl)(Cl)[C@]13Cl. The zero-order chi connectivity index (χ0) is 13.3. The molecule has 1 heterocycles. The third-order valence-electron chi connectivity index (χ3n) is 6.85. The predicted molar refractivity (Wildman–Crippen MR) is 71.3 cm³/mol. The van der Waals surface area contributed by atoms with Crippen molar-refractivity contribution in [3.63, 3.8) is 0 Å². The molecule has 102 valence electrons. The van der Waals surface area contributed by atoms with Gasteiger partial charge in [-0.1, -0.05) is 23.2 Å². The summed E-state index contributed by atoms with van der Waals surface area (Å²) in [5.41, 5.74) is 0. The molecule has 0 aromatic carbocycles. The number of epoxide rings is 1. The van der Waals surface area contributed by atoms with Gasteiger partial charge in [-0.05, 0) is 29.6 Å². The van der Waals surface area contributed by atoms with Crippen LogP contribution in [0, 0.1) is 29.6 Å². The minimum atomic E-state index is -1.50. The lowest BCUT2D eigenvalue weighted by atomic mass is 9.62. The van der Waals surface area contributed by atoms with Crippen LogP contribution >= 0.6 is 58.0 Å². The summed E-state index contributed by atoms with van der Waals surface area (Å²) in [5, 5.41) is 0. The fraction of sp³-hybridized carbons (Fsp3) is 0.917. The van der Waals surface area contributed by atoms with Crippen LogP contribution in [0.2, 0.25) is 0 Å². The summed E-state index contributed by atoms with van der Waals surface area (Å²) in [6, 6.07) is 0. The van der Waals surface area contributed by atoms with Gasteiger partial charge in [0.15, 0.2) is 10.1 Å². The molecule has 0 amide bonds. The topological polar surface area (TPSA) is 29.6 Å². The number of alkyl halides is 5. The van der Waals surface area contributed by atoms with Crippen molar-refractivity contribution < 1.29 is 9.53 Å². The van der Waals surface area contributed by atoms with E-state index in [0.717, 1.165) is 0 Å². The lowest BCUT2D eigenvalue weighted by molar-refractivity contribution is -0.130. The molecule has 0 spiro atoms. The lowest BCUT2D eigenvalue weighted by Crippen LogP contribution is -2.64. The van der Waals surface area contributed by atoms with E-state index in [1.54, 1.807) is 0 Å². The highest BCUT2D eigenvalue weighted by Crippen LogP contribution is 2.93. The van der Waals surface area contributed by atoms with Crippen molar-refractivity contribution in [3.8, 4) is 0 Å². The van der Waals surface area contributed by atoms with E-state index in [1.165, 1.54) is 0 Å². The Kier molecular flexibility index (Phi) is 1.52. The monoisotopic (exact) mass is 358 g/mol. The number of carbonyl (C=O) groups excluding carboxylic acids is 1. The maximum absolute atomic E-state index is 12.8. The Morgan fingerprint density at radius 1 is 0.842 bits per heavy atom. The van der Waals surface area contributed by atoms with Crippen molar-refractivity contribution in [3.05, 3.63) is 0 Å². The van der Waals surface area contributed by atoms with E-state index in [0.29, 0.717) is 0 Å². The molecule has 6 bridgehead atoms. The lowest BCUT2D eigenvalue weighted by Gasteiger charge is -2.49. The summed E-state index contributed by atoms with van der Waals surface area (Å²) in [6.07, 6.45) is 0.369. The molecule has 0 aromatic heterocycles. The van der Waals surface area contributed by atoms with Gasteiger partial charge in [-0.3, -0.25) is 4.79 Å². The Morgan fingerprint density at radius 3 is 2.05 bits per heavy atom. The summed E-state index contributed by atoms with van der Waals surface area (Å²) < 4.78 is 4.20. The zero-order valence-corrected chi connectivity index (χ0v) is 13.0. The molecule has 19 heavy (non-hydrogen) atoms. The van der Waals surface area contributed by atoms with Crippen molar-refractivity contribution in [2.45, 2.75) is 31.2 Å². The van der Waals surface area contributed by atoms with Crippen LogP contribution in [0.25, 0.3) is 0 Å². The Hall–Kier alpha value is 1.08. The summed E-state index contributed by atoms with van der Waals surface area (Å²) in [5.74, 6) is 0.0702. The van der Waals surface area contributed by atoms with Crippen LogP contribution in [0.1, 0.15) is 0 Å². The smallest absolute Gasteiger partial charge is 0.180 e. The van der Waals surface area contributed by atoms with Crippen molar-refractivity contribution in [1.29, 1.82) is 0 Å². The number of carbonyl (C=O) groups is 1. The first-order valence-electron chi connectivity index (χ1n) is 6.40. The molecule has 2 nitrogen and oxygen atoms in total. The number of ether oxygens (including phenoxy) is 1. The van der Waals surface area contributed by atoms with Crippen LogP contribution in [-0.4, -0.2) is 36.9 Å². The van der Waals surface area contributed by atoms with E-state index in [4.69, 9.17) is 62.7 Å². The van der Waals surface area contributed by atoms with Crippen molar-refractivity contribution >= 4 is 63.8 Å². The Labute approximate surface area is 134 Å². The molecule has 1 saturated heterocycles. The second-order valence-corrected chi connectivity index (χ2v) is 9.95. The molecule has 6 fully saturated rings. The van der Waals surface area contributed by atoms with Gasteiger partial charge in [0.2, 0.25) is 0 Å². The molecule has 6 aliphatic rings. The molecule has 0 unspecified atom stereocenters.